The van der Waals surface area contributed by atoms with Crippen LogP contribution in [0.1, 0.15) is 10.7 Å². The van der Waals surface area contributed by atoms with Crippen molar-refractivity contribution in [3.05, 3.63) is 16.9 Å². The zero-order chi connectivity index (χ0) is 10.8. The fraction of sp³-hybridized carbons (Fsp3) is 0.375. The van der Waals surface area contributed by atoms with Crippen LogP contribution in [-0.4, -0.2) is 19.7 Å². The molecule has 0 amide bonds. The predicted octanol–water partition coefficient (Wildman–Crippen LogP) is 1.45. The van der Waals surface area contributed by atoms with E-state index in [4.69, 9.17) is 5.73 Å². The highest BCUT2D eigenvalue weighted by Crippen LogP contribution is 2.24. The molecule has 0 fully saturated rings. The number of hydrogen-bond donors (Lipinski definition) is 1. The number of hydrogen-bond acceptors (Lipinski definition) is 6. The van der Waals surface area contributed by atoms with E-state index in [0.29, 0.717) is 5.13 Å². The van der Waals surface area contributed by atoms with Gasteiger partial charge in [-0.3, -0.25) is 0 Å². The largest absolute Gasteiger partial charge is 0.375 e. The lowest BCUT2D eigenvalue weighted by Crippen LogP contribution is -1.93. The van der Waals surface area contributed by atoms with Gasteiger partial charge in [0.1, 0.15) is 5.82 Å². The van der Waals surface area contributed by atoms with Gasteiger partial charge in [0.05, 0.1) is 0 Å². The molecule has 0 saturated heterocycles. The normalized spacial score (nSPS) is 10.8. The Hall–Kier alpha value is -1.08. The molecule has 0 spiro atoms. The van der Waals surface area contributed by atoms with Crippen LogP contribution in [-0.2, 0) is 12.8 Å². The number of nitrogen functional groups attached to an aromatic ring is 1. The molecule has 0 atom stereocenters. The van der Waals surface area contributed by atoms with Gasteiger partial charge in [-0.05, 0) is 6.92 Å². The van der Waals surface area contributed by atoms with E-state index in [2.05, 4.69) is 15.2 Å². The molecule has 0 unspecified atom stereocenters. The number of aromatic nitrogens is 4. The zero-order valence-corrected chi connectivity index (χ0v) is 10.1. The van der Waals surface area contributed by atoms with Gasteiger partial charge in [0.25, 0.3) is 0 Å². The minimum Gasteiger partial charge on any atom is -0.375 e. The third-order valence-electron chi connectivity index (χ3n) is 1.97. The molecule has 15 heavy (non-hydrogen) atoms. The molecule has 2 N–H and O–H groups in total. The Morgan fingerprint density at radius 1 is 1.53 bits per heavy atom. The summed E-state index contributed by atoms with van der Waals surface area (Å²) < 4.78 is 1.97. The number of thioether (sulfide) groups is 1. The number of anilines is 1. The lowest BCUT2D eigenvalue weighted by molar-refractivity contribution is 0.765. The smallest absolute Gasteiger partial charge is 0.191 e. The molecule has 80 valence electrons. The molecule has 0 aromatic carbocycles. The van der Waals surface area contributed by atoms with Crippen LogP contribution in [0.4, 0.5) is 5.13 Å². The summed E-state index contributed by atoms with van der Waals surface area (Å²) in [5.41, 5.74) is 5.55. The first-order valence-electron chi connectivity index (χ1n) is 4.36. The molecule has 2 aromatic rings. The van der Waals surface area contributed by atoms with Gasteiger partial charge in [-0.2, -0.15) is 0 Å². The molecule has 0 saturated carbocycles. The molecule has 2 rings (SSSR count). The SMILES string of the molecule is Cc1nnc(SCc2cnc(N)s2)n1C. The van der Waals surface area contributed by atoms with Crippen molar-refractivity contribution >= 4 is 28.2 Å². The topological polar surface area (TPSA) is 69.6 Å². The highest BCUT2D eigenvalue weighted by atomic mass is 32.2. The minimum atomic E-state index is 0.611. The van der Waals surface area contributed by atoms with Crippen molar-refractivity contribution in [1.29, 1.82) is 0 Å². The van der Waals surface area contributed by atoms with Crippen molar-refractivity contribution in [1.82, 2.24) is 19.7 Å². The molecule has 0 bridgehead atoms. The number of nitrogens with zero attached hydrogens (tertiary/aromatic N) is 4. The minimum absolute atomic E-state index is 0.611. The van der Waals surface area contributed by atoms with E-state index in [0.717, 1.165) is 21.6 Å². The molecule has 2 aromatic heterocycles. The van der Waals surface area contributed by atoms with E-state index < -0.39 is 0 Å². The summed E-state index contributed by atoms with van der Waals surface area (Å²) >= 11 is 3.15. The van der Waals surface area contributed by atoms with Crippen molar-refractivity contribution in [3.8, 4) is 0 Å². The van der Waals surface area contributed by atoms with Crippen LogP contribution in [0.3, 0.4) is 0 Å². The van der Waals surface area contributed by atoms with Crippen LogP contribution in [0, 0.1) is 6.92 Å². The molecule has 0 aliphatic carbocycles. The van der Waals surface area contributed by atoms with Gasteiger partial charge >= 0.3 is 0 Å². The van der Waals surface area contributed by atoms with Crippen LogP contribution in [0.2, 0.25) is 0 Å². The summed E-state index contributed by atoms with van der Waals surface area (Å²) in [7, 11) is 1.96. The second-order valence-electron chi connectivity index (χ2n) is 3.04. The molecule has 5 nitrogen and oxygen atoms in total. The van der Waals surface area contributed by atoms with Gasteiger partial charge in [-0.1, -0.05) is 11.8 Å². The Morgan fingerprint density at radius 2 is 2.33 bits per heavy atom. The second-order valence-corrected chi connectivity index (χ2v) is 5.13. The zero-order valence-electron chi connectivity index (χ0n) is 8.47. The summed E-state index contributed by atoms with van der Waals surface area (Å²) in [6.07, 6.45) is 1.80. The van der Waals surface area contributed by atoms with E-state index in [9.17, 15) is 0 Å². The van der Waals surface area contributed by atoms with Gasteiger partial charge in [0, 0.05) is 23.9 Å². The maximum atomic E-state index is 5.55. The van der Waals surface area contributed by atoms with Crippen LogP contribution in [0.5, 0.6) is 0 Å². The van der Waals surface area contributed by atoms with Gasteiger partial charge < -0.3 is 10.3 Å². The Morgan fingerprint density at radius 3 is 2.87 bits per heavy atom. The van der Waals surface area contributed by atoms with Crippen molar-refractivity contribution in [3.63, 3.8) is 0 Å². The van der Waals surface area contributed by atoms with Gasteiger partial charge in [0.2, 0.25) is 0 Å². The van der Waals surface area contributed by atoms with E-state index in [1.165, 1.54) is 11.3 Å². The summed E-state index contributed by atoms with van der Waals surface area (Å²) in [4.78, 5) is 5.15. The highest BCUT2D eigenvalue weighted by molar-refractivity contribution is 7.98. The third-order valence-corrected chi connectivity index (χ3v) is 4.05. The summed E-state index contributed by atoms with van der Waals surface area (Å²) in [5, 5.41) is 9.58. The Bertz CT molecular complexity index is 461. The molecule has 0 aliphatic heterocycles. The lowest BCUT2D eigenvalue weighted by Gasteiger charge is -1.98. The first-order valence-corrected chi connectivity index (χ1v) is 6.16. The first-order chi connectivity index (χ1) is 7.16. The van der Waals surface area contributed by atoms with E-state index in [-0.39, 0.29) is 0 Å². The van der Waals surface area contributed by atoms with Crippen molar-refractivity contribution < 1.29 is 0 Å². The van der Waals surface area contributed by atoms with Gasteiger partial charge in [-0.25, -0.2) is 4.98 Å². The molecule has 0 radical (unpaired) electrons. The standard InChI is InChI=1S/C8H11N5S2/c1-5-11-12-8(13(5)2)14-4-6-3-10-7(9)15-6/h3H,4H2,1-2H3,(H2,9,10). The second kappa shape index (κ2) is 4.19. The average Bonchev–Trinajstić information content (AvgIpc) is 2.74. The van der Waals surface area contributed by atoms with Crippen molar-refractivity contribution in [2.75, 3.05) is 5.73 Å². The molecule has 7 heteroatoms. The molecule has 2 heterocycles. The highest BCUT2D eigenvalue weighted by Gasteiger charge is 2.06. The maximum absolute atomic E-state index is 5.55. The fourth-order valence-corrected chi connectivity index (χ4v) is 2.70. The quantitative estimate of drug-likeness (QED) is 0.824. The van der Waals surface area contributed by atoms with E-state index >= 15 is 0 Å². The maximum Gasteiger partial charge on any atom is 0.191 e. The Kier molecular flexibility index (Phi) is 2.92. The van der Waals surface area contributed by atoms with Crippen LogP contribution >= 0.6 is 23.1 Å². The Balaban J connectivity index is 2.02. The predicted molar refractivity (Wildman–Crippen MR) is 61.8 cm³/mol. The van der Waals surface area contributed by atoms with Crippen molar-refractivity contribution in [2.24, 2.45) is 7.05 Å². The van der Waals surface area contributed by atoms with Crippen LogP contribution in [0.15, 0.2) is 11.4 Å². The number of aryl methyl sites for hydroxylation is 1. The summed E-state index contributed by atoms with van der Waals surface area (Å²) in [6, 6.07) is 0. The average molecular weight is 241 g/mol. The number of thiazole rings is 1. The molecular weight excluding hydrogens is 230 g/mol. The molecule has 0 aliphatic rings. The Labute approximate surface area is 95.7 Å². The van der Waals surface area contributed by atoms with Gasteiger partial charge in [-0.15, -0.1) is 21.5 Å². The lowest BCUT2D eigenvalue weighted by atomic mass is 10.6. The van der Waals surface area contributed by atoms with E-state index in [1.54, 1.807) is 18.0 Å². The number of nitrogens with two attached hydrogens (primary N) is 1. The summed E-state index contributed by atoms with van der Waals surface area (Å²) in [5.74, 6) is 1.75. The third kappa shape index (κ3) is 2.29. The van der Waals surface area contributed by atoms with Gasteiger partial charge in [0.15, 0.2) is 10.3 Å². The summed E-state index contributed by atoms with van der Waals surface area (Å²) in [6.45, 7) is 1.93. The number of rotatable bonds is 3. The first kappa shape index (κ1) is 10.4. The van der Waals surface area contributed by atoms with Crippen LogP contribution in [0.25, 0.3) is 0 Å². The van der Waals surface area contributed by atoms with Crippen LogP contribution < -0.4 is 5.73 Å². The monoisotopic (exact) mass is 241 g/mol. The van der Waals surface area contributed by atoms with E-state index in [1.807, 2.05) is 18.5 Å². The fourth-order valence-electron chi connectivity index (χ4n) is 1.04. The molecular formula is C8H11N5S2. The van der Waals surface area contributed by atoms with Crippen molar-refractivity contribution in [2.45, 2.75) is 17.8 Å².